The molecule has 2 aromatic heterocycles. The Morgan fingerprint density at radius 2 is 1.96 bits per heavy atom. The van der Waals surface area contributed by atoms with Gasteiger partial charge in [-0.15, -0.1) is 23.1 Å². The highest BCUT2D eigenvalue weighted by Gasteiger charge is 2.36. The number of sulfonamides is 1. The number of aryl methyl sites for hydroxylation is 1. The van der Waals surface area contributed by atoms with Gasteiger partial charge in [-0.05, 0) is 37.4 Å². The Morgan fingerprint density at radius 3 is 2.59 bits per heavy atom. The molecule has 0 aliphatic heterocycles. The number of halogens is 3. The molecule has 0 aliphatic carbocycles. The monoisotopic (exact) mass is 434 g/mol. The number of anilines is 1. The van der Waals surface area contributed by atoms with Crippen LogP contribution in [0.25, 0.3) is 10.6 Å². The standard InChI is InChI=1S/C16H13F3N2O3S3/c1-9-14(27(22,23)21-10-4-3-5-11(6-10)25-2)8-13(26-9)12-7-15(24-20-12)16(17,18)19/h3-8,21H,1-2H3. The molecule has 1 N–H and O–H groups in total. The van der Waals surface area contributed by atoms with Gasteiger partial charge in [0.05, 0.1) is 4.88 Å². The zero-order chi connectivity index (χ0) is 19.8. The summed E-state index contributed by atoms with van der Waals surface area (Å²) < 4.78 is 70.2. The molecule has 0 radical (unpaired) electrons. The lowest BCUT2D eigenvalue weighted by Gasteiger charge is -2.08. The van der Waals surface area contributed by atoms with Gasteiger partial charge in [-0.1, -0.05) is 11.2 Å². The number of benzene rings is 1. The maximum atomic E-state index is 12.7. The second-order valence-corrected chi connectivity index (χ2v) is 9.23. The van der Waals surface area contributed by atoms with Crippen LogP contribution in [0.1, 0.15) is 10.6 Å². The number of nitrogens with zero attached hydrogens (tertiary/aromatic N) is 1. The van der Waals surface area contributed by atoms with Crippen molar-refractivity contribution in [2.24, 2.45) is 0 Å². The summed E-state index contributed by atoms with van der Waals surface area (Å²) in [5.41, 5.74) is 0.330. The molecule has 3 rings (SSSR count). The third-order valence-electron chi connectivity index (χ3n) is 3.53. The molecule has 0 amide bonds. The lowest BCUT2D eigenvalue weighted by molar-refractivity contribution is -0.155. The lowest BCUT2D eigenvalue weighted by atomic mass is 10.3. The van der Waals surface area contributed by atoms with Crippen LogP contribution < -0.4 is 4.72 Å². The molecule has 0 aliphatic rings. The fourth-order valence-electron chi connectivity index (χ4n) is 2.28. The first-order valence-corrected chi connectivity index (χ1v) is 10.9. The van der Waals surface area contributed by atoms with Crippen molar-refractivity contribution in [3.63, 3.8) is 0 Å². The first-order valence-electron chi connectivity index (χ1n) is 7.42. The van der Waals surface area contributed by atoms with E-state index in [1.807, 2.05) is 12.3 Å². The van der Waals surface area contributed by atoms with E-state index in [4.69, 9.17) is 0 Å². The predicted molar refractivity (Wildman–Crippen MR) is 98.6 cm³/mol. The van der Waals surface area contributed by atoms with Crippen LogP contribution in [-0.2, 0) is 16.2 Å². The summed E-state index contributed by atoms with van der Waals surface area (Å²) in [6, 6.07) is 8.92. The van der Waals surface area contributed by atoms with Gasteiger partial charge in [0.1, 0.15) is 10.6 Å². The quantitative estimate of drug-likeness (QED) is 0.555. The summed E-state index contributed by atoms with van der Waals surface area (Å²) in [6.45, 7) is 1.58. The number of nitrogens with one attached hydrogen (secondary N) is 1. The number of aromatic nitrogens is 1. The molecule has 3 aromatic rings. The van der Waals surface area contributed by atoms with Crippen LogP contribution >= 0.6 is 23.1 Å². The zero-order valence-electron chi connectivity index (χ0n) is 14.0. The number of hydrogen-bond acceptors (Lipinski definition) is 6. The summed E-state index contributed by atoms with van der Waals surface area (Å²) in [7, 11) is -3.91. The summed E-state index contributed by atoms with van der Waals surface area (Å²) in [5.74, 6) is -1.24. The highest BCUT2D eigenvalue weighted by Crippen LogP contribution is 2.37. The van der Waals surface area contributed by atoms with Crippen molar-refractivity contribution in [1.82, 2.24) is 5.16 Å². The second kappa shape index (κ2) is 7.21. The molecular formula is C16H13F3N2O3S3. The minimum absolute atomic E-state index is 0.0198. The maximum absolute atomic E-state index is 12.7. The Hall–Kier alpha value is -1.98. The van der Waals surface area contributed by atoms with Crippen LogP contribution in [0.15, 0.2) is 50.7 Å². The van der Waals surface area contributed by atoms with Gasteiger partial charge in [0.2, 0.25) is 5.76 Å². The van der Waals surface area contributed by atoms with Crippen molar-refractivity contribution < 1.29 is 26.1 Å². The van der Waals surface area contributed by atoms with E-state index in [1.165, 1.54) is 17.8 Å². The first kappa shape index (κ1) is 19.8. The zero-order valence-corrected chi connectivity index (χ0v) is 16.4. The molecule has 27 heavy (non-hydrogen) atoms. The number of rotatable bonds is 5. The van der Waals surface area contributed by atoms with E-state index in [0.29, 0.717) is 10.6 Å². The van der Waals surface area contributed by atoms with Crippen LogP contribution in [0, 0.1) is 6.92 Å². The van der Waals surface area contributed by atoms with Crippen molar-refractivity contribution in [1.29, 1.82) is 0 Å². The second-order valence-electron chi connectivity index (χ2n) is 5.44. The largest absolute Gasteiger partial charge is 0.452 e. The Bertz CT molecular complexity index is 1070. The van der Waals surface area contributed by atoms with Gasteiger partial charge in [-0.3, -0.25) is 4.72 Å². The number of thioether (sulfide) groups is 1. The molecule has 0 saturated carbocycles. The van der Waals surface area contributed by atoms with Gasteiger partial charge in [0.25, 0.3) is 10.0 Å². The number of thiophene rings is 1. The van der Waals surface area contributed by atoms with E-state index in [-0.39, 0.29) is 15.5 Å². The Balaban J connectivity index is 1.92. The van der Waals surface area contributed by atoms with Gasteiger partial charge in [-0.25, -0.2) is 8.42 Å². The van der Waals surface area contributed by atoms with E-state index in [1.54, 1.807) is 25.1 Å². The number of alkyl halides is 3. The molecule has 2 heterocycles. The van der Waals surface area contributed by atoms with Crippen LogP contribution in [0.4, 0.5) is 18.9 Å². The van der Waals surface area contributed by atoms with Crippen LogP contribution in [0.5, 0.6) is 0 Å². The molecule has 1 aromatic carbocycles. The van der Waals surface area contributed by atoms with Crippen molar-refractivity contribution in [2.45, 2.75) is 22.9 Å². The molecule has 5 nitrogen and oxygen atoms in total. The maximum Gasteiger partial charge on any atom is 0.452 e. The highest BCUT2D eigenvalue weighted by molar-refractivity contribution is 7.98. The lowest BCUT2D eigenvalue weighted by Crippen LogP contribution is -2.13. The van der Waals surface area contributed by atoms with Crippen molar-refractivity contribution in [3.8, 4) is 10.6 Å². The fourth-order valence-corrected chi connectivity index (χ4v) is 5.33. The smallest absolute Gasteiger partial charge is 0.351 e. The van der Waals surface area contributed by atoms with Crippen molar-refractivity contribution in [3.05, 3.63) is 47.0 Å². The average Bonchev–Trinajstić information content (AvgIpc) is 3.21. The highest BCUT2D eigenvalue weighted by atomic mass is 32.2. The van der Waals surface area contributed by atoms with Gasteiger partial charge in [0, 0.05) is 21.5 Å². The molecule has 0 spiro atoms. The molecule has 11 heteroatoms. The topological polar surface area (TPSA) is 72.2 Å². The molecule has 0 saturated heterocycles. The van der Waals surface area contributed by atoms with E-state index in [0.717, 1.165) is 22.3 Å². The Labute approximate surface area is 161 Å². The molecule has 0 fully saturated rings. The normalized spacial score (nSPS) is 12.3. The summed E-state index contributed by atoms with van der Waals surface area (Å²) in [5, 5.41) is 3.39. The molecule has 144 valence electrons. The van der Waals surface area contributed by atoms with Crippen LogP contribution in [0.2, 0.25) is 0 Å². The van der Waals surface area contributed by atoms with Crippen molar-refractivity contribution in [2.75, 3.05) is 11.0 Å². The molecule has 0 atom stereocenters. The van der Waals surface area contributed by atoms with Gasteiger partial charge in [0.15, 0.2) is 0 Å². The van der Waals surface area contributed by atoms with Crippen LogP contribution in [0.3, 0.4) is 0 Å². The fraction of sp³-hybridized carbons (Fsp3) is 0.188. The van der Waals surface area contributed by atoms with E-state index in [2.05, 4.69) is 14.4 Å². The third-order valence-corrected chi connectivity index (χ3v) is 6.96. The van der Waals surface area contributed by atoms with Gasteiger partial charge < -0.3 is 4.52 Å². The first-order chi connectivity index (χ1) is 12.6. The van der Waals surface area contributed by atoms with Gasteiger partial charge in [-0.2, -0.15) is 13.2 Å². The molecule has 0 unspecified atom stereocenters. The van der Waals surface area contributed by atoms with Crippen molar-refractivity contribution >= 4 is 38.8 Å². The minimum atomic E-state index is -4.66. The summed E-state index contributed by atoms with van der Waals surface area (Å²) >= 11 is 2.49. The summed E-state index contributed by atoms with van der Waals surface area (Å²) in [4.78, 5) is 1.56. The van der Waals surface area contributed by atoms with E-state index >= 15 is 0 Å². The number of hydrogen-bond donors (Lipinski definition) is 1. The molecular weight excluding hydrogens is 421 g/mol. The third kappa shape index (κ3) is 4.30. The van der Waals surface area contributed by atoms with E-state index in [9.17, 15) is 21.6 Å². The Kier molecular flexibility index (Phi) is 5.28. The van der Waals surface area contributed by atoms with Crippen LogP contribution in [-0.4, -0.2) is 19.8 Å². The molecule has 0 bridgehead atoms. The van der Waals surface area contributed by atoms with Gasteiger partial charge >= 0.3 is 6.18 Å². The average molecular weight is 434 g/mol. The predicted octanol–water partition coefficient (Wildman–Crippen LogP) is 5.25. The van der Waals surface area contributed by atoms with E-state index < -0.39 is 22.0 Å². The Morgan fingerprint density at radius 1 is 1.22 bits per heavy atom. The summed E-state index contributed by atoms with van der Waals surface area (Å²) in [6.07, 6.45) is -2.79. The SMILES string of the molecule is CSc1cccc(NS(=O)(=O)c2cc(-c3cc(C(F)(F)F)on3)sc2C)c1. The minimum Gasteiger partial charge on any atom is -0.351 e.